The molecular formula is C20H22N4O2S. The lowest BCUT2D eigenvalue weighted by atomic mass is 10.1. The van der Waals surface area contributed by atoms with Crippen LogP contribution >= 0.6 is 11.3 Å². The van der Waals surface area contributed by atoms with Gasteiger partial charge in [-0.25, -0.2) is 10.4 Å². The summed E-state index contributed by atoms with van der Waals surface area (Å²) in [4.78, 5) is 16.8. The van der Waals surface area contributed by atoms with Crippen molar-refractivity contribution in [1.29, 1.82) is 0 Å². The number of aromatic nitrogens is 1. The van der Waals surface area contributed by atoms with Crippen molar-refractivity contribution in [2.45, 2.75) is 26.3 Å². The second-order valence-corrected chi connectivity index (χ2v) is 7.23. The first-order valence-electron chi connectivity index (χ1n) is 8.63. The number of fused-ring (bicyclic) bond motifs is 1. The van der Waals surface area contributed by atoms with E-state index in [2.05, 4.69) is 20.8 Å². The van der Waals surface area contributed by atoms with Gasteiger partial charge < -0.3 is 10.1 Å². The van der Waals surface area contributed by atoms with Crippen LogP contribution in [0.15, 0.2) is 53.6 Å². The Labute approximate surface area is 162 Å². The standard InChI is InChI=1S/C20H22N4O2S/c1-13(12-15-8-10-16(26-3)11-9-15)23-24-19(25)14(2)21-20-22-17-6-4-5-7-18(17)27-20/h4-11,14H,12H2,1-3H3,(H,21,22)(H,24,25)/b23-13-/t14-/m1/s1. The molecule has 1 heterocycles. The molecule has 0 aliphatic heterocycles. The summed E-state index contributed by atoms with van der Waals surface area (Å²) in [6.45, 7) is 3.67. The third kappa shape index (κ3) is 5.04. The van der Waals surface area contributed by atoms with Gasteiger partial charge in [-0.1, -0.05) is 35.6 Å². The van der Waals surface area contributed by atoms with E-state index in [1.54, 1.807) is 14.0 Å². The van der Waals surface area contributed by atoms with E-state index in [9.17, 15) is 4.79 Å². The summed E-state index contributed by atoms with van der Waals surface area (Å²) < 4.78 is 6.23. The number of methoxy groups -OCH3 is 1. The summed E-state index contributed by atoms with van der Waals surface area (Å²) in [5.41, 5.74) is 5.46. The zero-order chi connectivity index (χ0) is 19.2. The molecule has 1 amide bonds. The predicted octanol–water partition coefficient (Wildman–Crippen LogP) is 3.84. The molecule has 0 radical (unpaired) electrons. The van der Waals surface area contributed by atoms with Gasteiger partial charge in [-0.2, -0.15) is 5.10 Å². The fourth-order valence-electron chi connectivity index (χ4n) is 2.51. The van der Waals surface area contributed by atoms with E-state index in [-0.39, 0.29) is 5.91 Å². The van der Waals surface area contributed by atoms with Crippen molar-refractivity contribution in [3.05, 3.63) is 54.1 Å². The van der Waals surface area contributed by atoms with Gasteiger partial charge in [0, 0.05) is 12.1 Å². The minimum Gasteiger partial charge on any atom is -0.497 e. The van der Waals surface area contributed by atoms with Gasteiger partial charge in [0.25, 0.3) is 5.91 Å². The van der Waals surface area contributed by atoms with Crippen molar-refractivity contribution >= 4 is 38.3 Å². The number of amides is 1. The molecular weight excluding hydrogens is 360 g/mol. The molecule has 1 aromatic heterocycles. The molecule has 1 atom stereocenters. The highest BCUT2D eigenvalue weighted by atomic mass is 32.1. The maximum atomic E-state index is 12.3. The Morgan fingerprint density at radius 1 is 1.22 bits per heavy atom. The Balaban J connectivity index is 1.54. The Morgan fingerprint density at radius 3 is 2.67 bits per heavy atom. The largest absolute Gasteiger partial charge is 0.497 e. The van der Waals surface area contributed by atoms with Gasteiger partial charge in [-0.15, -0.1) is 0 Å². The van der Waals surface area contributed by atoms with Gasteiger partial charge in [-0.3, -0.25) is 4.79 Å². The normalized spacial score (nSPS) is 12.6. The lowest BCUT2D eigenvalue weighted by Gasteiger charge is -2.11. The third-order valence-electron chi connectivity index (χ3n) is 4.00. The van der Waals surface area contributed by atoms with Crippen LogP contribution in [0, 0.1) is 0 Å². The van der Waals surface area contributed by atoms with Crippen LogP contribution in [0.3, 0.4) is 0 Å². The number of benzene rings is 2. The van der Waals surface area contributed by atoms with E-state index in [0.29, 0.717) is 6.42 Å². The second-order valence-electron chi connectivity index (χ2n) is 6.20. The number of nitrogens with one attached hydrogen (secondary N) is 2. The van der Waals surface area contributed by atoms with E-state index in [0.717, 1.165) is 32.4 Å². The maximum absolute atomic E-state index is 12.3. The fraction of sp³-hybridized carbons (Fsp3) is 0.250. The summed E-state index contributed by atoms with van der Waals surface area (Å²) in [6.07, 6.45) is 0.657. The van der Waals surface area contributed by atoms with Gasteiger partial charge in [-0.05, 0) is 43.7 Å². The molecule has 140 valence electrons. The molecule has 2 aromatic carbocycles. The Morgan fingerprint density at radius 2 is 1.96 bits per heavy atom. The summed E-state index contributed by atoms with van der Waals surface area (Å²) in [7, 11) is 1.64. The Hall–Kier alpha value is -2.93. The molecule has 0 fully saturated rings. The first-order chi connectivity index (χ1) is 13.0. The lowest BCUT2D eigenvalue weighted by molar-refractivity contribution is -0.121. The number of anilines is 1. The van der Waals surface area contributed by atoms with Crippen molar-refractivity contribution in [1.82, 2.24) is 10.4 Å². The number of ether oxygens (including phenoxy) is 1. The van der Waals surface area contributed by atoms with Crippen LogP contribution in [0.25, 0.3) is 10.2 Å². The molecule has 2 N–H and O–H groups in total. The van der Waals surface area contributed by atoms with Crippen LogP contribution in [0.2, 0.25) is 0 Å². The lowest BCUT2D eigenvalue weighted by Crippen LogP contribution is -2.35. The highest BCUT2D eigenvalue weighted by Crippen LogP contribution is 2.25. The van der Waals surface area contributed by atoms with Gasteiger partial charge in [0.05, 0.1) is 17.3 Å². The Bertz CT molecular complexity index is 917. The minimum absolute atomic E-state index is 0.205. The van der Waals surface area contributed by atoms with Crippen LogP contribution in [0.1, 0.15) is 19.4 Å². The van der Waals surface area contributed by atoms with Crippen LogP contribution in [0.4, 0.5) is 5.13 Å². The number of thiazole rings is 1. The number of hydrogen-bond donors (Lipinski definition) is 2. The third-order valence-corrected chi connectivity index (χ3v) is 4.97. The smallest absolute Gasteiger partial charge is 0.262 e. The summed E-state index contributed by atoms with van der Waals surface area (Å²) in [6, 6.07) is 15.2. The van der Waals surface area contributed by atoms with Crippen LogP contribution in [-0.4, -0.2) is 29.8 Å². The predicted molar refractivity (Wildman–Crippen MR) is 111 cm³/mol. The SMILES string of the molecule is COc1ccc(C/C(C)=N\NC(=O)[C@@H](C)Nc2nc3ccccc3s2)cc1. The summed E-state index contributed by atoms with van der Waals surface area (Å²) in [5, 5.41) is 8.05. The molecule has 0 bridgehead atoms. The van der Waals surface area contributed by atoms with Crippen molar-refractivity contribution < 1.29 is 9.53 Å². The number of para-hydroxylation sites is 1. The molecule has 3 rings (SSSR count). The molecule has 0 spiro atoms. The highest BCUT2D eigenvalue weighted by Gasteiger charge is 2.14. The molecule has 0 aliphatic rings. The van der Waals surface area contributed by atoms with Gasteiger partial charge in [0.1, 0.15) is 11.8 Å². The highest BCUT2D eigenvalue weighted by molar-refractivity contribution is 7.22. The number of hydrazone groups is 1. The van der Waals surface area contributed by atoms with Crippen LogP contribution < -0.4 is 15.5 Å². The first kappa shape index (κ1) is 18.8. The van der Waals surface area contributed by atoms with Crippen molar-refractivity contribution in [2.75, 3.05) is 12.4 Å². The first-order valence-corrected chi connectivity index (χ1v) is 9.45. The second kappa shape index (κ2) is 8.64. The number of nitrogens with zero attached hydrogens (tertiary/aromatic N) is 2. The number of rotatable bonds is 7. The maximum Gasteiger partial charge on any atom is 0.262 e. The van der Waals surface area contributed by atoms with Crippen molar-refractivity contribution in [3.8, 4) is 5.75 Å². The van der Waals surface area contributed by atoms with Crippen LogP contribution in [0.5, 0.6) is 5.75 Å². The van der Waals surface area contributed by atoms with Crippen molar-refractivity contribution in [2.24, 2.45) is 5.10 Å². The zero-order valence-corrected chi connectivity index (χ0v) is 16.3. The quantitative estimate of drug-likeness (QED) is 0.481. The summed E-state index contributed by atoms with van der Waals surface area (Å²) in [5.74, 6) is 0.611. The molecule has 0 saturated heterocycles. The van der Waals surface area contributed by atoms with Crippen molar-refractivity contribution in [3.63, 3.8) is 0 Å². The fourth-order valence-corrected chi connectivity index (χ4v) is 3.46. The molecule has 0 unspecified atom stereocenters. The molecule has 3 aromatic rings. The molecule has 27 heavy (non-hydrogen) atoms. The van der Waals surface area contributed by atoms with Crippen LogP contribution in [-0.2, 0) is 11.2 Å². The van der Waals surface area contributed by atoms with Gasteiger partial charge in [0.2, 0.25) is 0 Å². The molecule has 0 saturated carbocycles. The number of carbonyl (C=O) groups excluding carboxylic acids is 1. The van der Waals surface area contributed by atoms with E-state index < -0.39 is 6.04 Å². The van der Waals surface area contributed by atoms with Gasteiger partial charge >= 0.3 is 0 Å². The van der Waals surface area contributed by atoms with Gasteiger partial charge in [0.15, 0.2) is 5.13 Å². The number of hydrogen-bond acceptors (Lipinski definition) is 6. The Kier molecular flexibility index (Phi) is 6.03. The topological polar surface area (TPSA) is 75.6 Å². The van der Waals surface area contributed by atoms with E-state index in [1.165, 1.54) is 11.3 Å². The average molecular weight is 382 g/mol. The minimum atomic E-state index is -0.442. The monoisotopic (exact) mass is 382 g/mol. The number of carbonyl (C=O) groups is 1. The van der Waals surface area contributed by atoms with E-state index in [4.69, 9.17) is 4.74 Å². The zero-order valence-electron chi connectivity index (χ0n) is 15.5. The molecule has 6 nitrogen and oxygen atoms in total. The van der Waals surface area contributed by atoms with E-state index >= 15 is 0 Å². The molecule has 0 aliphatic carbocycles. The van der Waals surface area contributed by atoms with E-state index in [1.807, 2.05) is 55.5 Å². The summed E-state index contributed by atoms with van der Waals surface area (Å²) >= 11 is 1.52. The average Bonchev–Trinajstić information content (AvgIpc) is 3.09. The molecule has 7 heteroatoms.